The SMILES string of the molecule is C#CC1C(CC)CC(CCCc2ccc(C)cc2C)C1OCc1ccc(C)cc1Cl. The van der Waals surface area contributed by atoms with Gasteiger partial charge in [-0.15, -0.1) is 12.3 Å². The average molecular weight is 423 g/mol. The lowest BCUT2D eigenvalue weighted by Crippen LogP contribution is -2.26. The van der Waals surface area contributed by atoms with Gasteiger partial charge in [-0.2, -0.15) is 0 Å². The number of hydrogen-bond donors (Lipinski definition) is 0. The topological polar surface area (TPSA) is 9.23 Å². The van der Waals surface area contributed by atoms with Gasteiger partial charge in [-0.05, 0) is 86.6 Å². The highest BCUT2D eigenvalue weighted by molar-refractivity contribution is 6.31. The molecule has 2 aromatic rings. The van der Waals surface area contributed by atoms with E-state index >= 15 is 0 Å². The molecule has 0 N–H and O–H groups in total. The summed E-state index contributed by atoms with van der Waals surface area (Å²) in [6.45, 7) is 9.21. The zero-order valence-electron chi connectivity index (χ0n) is 18.9. The van der Waals surface area contributed by atoms with Crippen LogP contribution in [0.1, 0.15) is 60.4 Å². The molecule has 30 heavy (non-hydrogen) atoms. The van der Waals surface area contributed by atoms with Crippen LogP contribution in [-0.4, -0.2) is 6.10 Å². The van der Waals surface area contributed by atoms with Crippen LogP contribution in [0.15, 0.2) is 36.4 Å². The molecule has 4 atom stereocenters. The summed E-state index contributed by atoms with van der Waals surface area (Å²) < 4.78 is 6.47. The van der Waals surface area contributed by atoms with Crippen LogP contribution in [-0.2, 0) is 17.8 Å². The lowest BCUT2D eigenvalue weighted by molar-refractivity contribution is -0.00440. The lowest BCUT2D eigenvalue weighted by atomic mass is 9.92. The first-order valence-corrected chi connectivity index (χ1v) is 11.7. The van der Waals surface area contributed by atoms with Gasteiger partial charge in [0.1, 0.15) is 0 Å². The minimum atomic E-state index is 0.122. The van der Waals surface area contributed by atoms with Crippen LogP contribution >= 0.6 is 11.6 Å². The number of halogens is 1. The Morgan fingerprint density at radius 2 is 1.73 bits per heavy atom. The fourth-order valence-electron chi connectivity index (χ4n) is 5.04. The Bertz CT molecular complexity index is 894. The van der Waals surface area contributed by atoms with Crippen molar-refractivity contribution in [1.82, 2.24) is 0 Å². The summed E-state index contributed by atoms with van der Waals surface area (Å²) in [5.74, 6) is 4.34. The molecule has 4 unspecified atom stereocenters. The molecule has 1 fully saturated rings. The second kappa shape index (κ2) is 10.5. The molecule has 0 amide bonds. The quantitative estimate of drug-likeness (QED) is 0.401. The van der Waals surface area contributed by atoms with Gasteiger partial charge in [0.15, 0.2) is 0 Å². The molecule has 0 spiro atoms. The number of rotatable bonds is 8. The van der Waals surface area contributed by atoms with Gasteiger partial charge in [0.05, 0.1) is 12.7 Å². The van der Waals surface area contributed by atoms with Gasteiger partial charge < -0.3 is 4.74 Å². The highest BCUT2D eigenvalue weighted by Gasteiger charge is 2.41. The molecule has 3 rings (SSSR count). The van der Waals surface area contributed by atoms with E-state index in [0.717, 1.165) is 29.8 Å². The van der Waals surface area contributed by atoms with Crippen molar-refractivity contribution in [2.24, 2.45) is 17.8 Å². The molecular weight excluding hydrogens is 388 g/mol. The van der Waals surface area contributed by atoms with Crippen molar-refractivity contribution in [3.8, 4) is 12.3 Å². The zero-order chi connectivity index (χ0) is 21.7. The minimum absolute atomic E-state index is 0.122. The van der Waals surface area contributed by atoms with E-state index in [-0.39, 0.29) is 12.0 Å². The van der Waals surface area contributed by atoms with Gasteiger partial charge in [0.2, 0.25) is 0 Å². The fourth-order valence-corrected chi connectivity index (χ4v) is 5.33. The Kier molecular flexibility index (Phi) is 8.04. The molecule has 1 saturated carbocycles. The summed E-state index contributed by atoms with van der Waals surface area (Å²) in [5.41, 5.74) is 6.41. The fraction of sp³-hybridized carbons (Fsp3) is 0.500. The van der Waals surface area contributed by atoms with Crippen molar-refractivity contribution in [3.63, 3.8) is 0 Å². The smallest absolute Gasteiger partial charge is 0.0747 e. The average Bonchev–Trinajstić information content (AvgIpc) is 3.05. The molecule has 1 aliphatic carbocycles. The Labute approximate surface area is 188 Å². The maximum Gasteiger partial charge on any atom is 0.0747 e. The first-order valence-electron chi connectivity index (χ1n) is 11.3. The van der Waals surface area contributed by atoms with Gasteiger partial charge in [0.25, 0.3) is 0 Å². The largest absolute Gasteiger partial charge is 0.372 e. The normalized spacial score (nSPS) is 23.5. The molecular formula is C28H35ClO. The first kappa shape index (κ1) is 22.9. The van der Waals surface area contributed by atoms with Crippen molar-refractivity contribution in [3.05, 3.63) is 69.2 Å². The second-order valence-corrected chi connectivity index (χ2v) is 9.46. The standard InChI is InChI=1S/C28H35ClO/c1-6-22-17-24(10-8-9-23-13-11-19(3)15-21(23)5)28(26(22)7-2)30-18-25-14-12-20(4)16-27(25)29/h2,11-16,22,24,26,28H,6,8-10,17-18H2,1,3-5H3. The molecule has 160 valence electrons. The summed E-state index contributed by atoms with van der Waals surface area (Å²) in [6.07, 6.45) is 11.8. The van der Waals surface area contributed by atoms with E-state index < -0.39 is 0 Å². The van der Waals surface area contributed by atoms with Crippen molar-refractivity contribution in [1.29, 1.82) is 0 Å². The van der Waals surface area contributed by atoms with Crippen LogP contribution in [0.4, 0.5) is 0 Å². The van der Waals surface area contributed by atoms with Crippen molar-refractivity contribution in [2.45, 2.75) is 72.5 Å². The summed E-state index contributed by atoms with van der Waals surface area (Å²) >= 11 is 6.43. The Hall–Kier alpha value is -1.75. The van der Waals surface area contributed by atoms with E-state index in [4.69, 9.17) is 22.8 Å². The molecule has 0 heterocycles. The van der Waals surface area contributed by atoms with Crippen LogP contribution in [0.2, 0.25) is 5.02 Å². The third kappa shape index (κ3) is 5.48. The number of terminal acetylenes is 1. The van der Waals surface area contributed by atoms with Crippen LogP contribution in [0.5, 0.6) is 0 Å². The Morgan fingerprint density at radius 1 is 1.03 bits per heavy atom. The molecule has 2 heteroatoms. The second-order valence-electron chi connectivity index (χ2n) is 9.05. The van der Waals surface area contributed by atoms with E-state index in [1.807, 2.05) is 6.07 Å². The highest BCUT2D eigenvalue weighted by atomic mass is 35.5. The molecule has 2 aromatic carbocycles. The Morgan fingerprint density at radius 3 is 2.37 bits per heavy atom. The number of hydrogen-bond acceptors (Lipinski definition) is 1. The van der Waals surface area contributed by atoms with E-state index in [2.05, 4.69) is 63.9 Å². The van der Waals surface area contributed by atoms with E-state index in [0.29, 0.717) is 18.4 Å². The molecule has 0 bridgehead atoms. The van der Waals surface area contributed by atoms with Gasteiger partial charge in [-0.3, -0.25) is 0 Å². The van der Waals surface area contributed by atoms with Crippen molar-refractivity contribution < 1.29 is 4.74 Å². The lowest BCUT2D eigenvalue weighted by Gasteiger charge is -2.24. The van der Waals surface area contributed by atoms with Crippen LogP contribution in [0.3, 0.4) is 0 Å². The molecule has 0 radical (unpaired) electrons. The summed E-state index contributed by atoms with van der Waals surface area (Å²) in [4.78, 5) is 0. The first-order chi connectivity index (χ1) is 14.4. The summed E-state index contributed by atoms with van der Waals surface area (Å²) in [7, 11) is 0. The summed E-state index contributed by atoms with van der Waals surface area (Å²) in [5, 5.41) is 0.781. The molecule has 1 aliphatic rings. The third-order valence-corrected chi connectivity index (χ3v) is 7.16. The van der Waals surface area contributed by atoms with E-state index in [1.165, 1.54) is 35.1 Å². The van der Waals surface area contributed by atoms with Gasteiger partial charge in [-0.25, -0.2) is 0 Å². The van der Waals surface area contributed by atoms with Crippen LogP contribution in [0, 0.1) is 50.9 Å². The maximum atomic E-state index is 6.47. The Balaban J connectivity index is 1.65. The predicted octanol–water partition coefficient (Wildman–Crippen LogP) is 7.47. The minimum Gasteiger partial charge on any atom is -0.372 e. The van der Waals surface area contributed by atoms with E-state index in [1.54, 1.807) is 0 Å². The van der Waals surface area contributed by atoms with Crippen LogP contribution in [0.25, 0.3) is 0 Å². The van der Waals surface area contributed by atoms with Gasteiger partial charge in [-0.1, -0.05) is 60.8 Å². The third-order valence-electron chi connectivity index (χ3n) is 6.81. The zero-order valence-corrected chi connectivity index (χ0v) is 19.6. The molecule has 0 aromatic heterocycles. The monoisotopic (exact) mass is 422 g/mol. The highest BCUT2D eigenvalue weighted by Crippen LogP contribution is 2.43. The van der Waals surface area contributed by atoms with Crippen molar-refractivity contribution >= 4 is 11.6 Å². The van der Waals surface area contributed by atoms with Crippen molar-refractivity contribution in [2.75, 3.05) is 0 Å². The van der Waals surface area contributed by atoms with E-state index in [9.17, 15) is 0 Å². The predicted molar refractivity (Wildman–Crippen MR) is 128 cm³/mol. The molecule has 0 saturated heterocycles. The summed E-state index contributed by atoms with van der Waals surface area (Å²) in [6, 6.07) is 13.0. The maximum absolute atomic E-state index is 6.47. The molecule has 1 nitrogen and oxygen atoms in total. The van der Waals surface area contributed by atoms with Gasteiger partial charge >= 0.3 is 0 Å². The van der Waals surface area contributed by atoms with Gasteiger partial charge in [0, 0.05) is 10.9 Å². The van der Waals surface area contributed by atoms with Crippen LogP contribution < -0.4 is 0 Å². The number of aryl methyl sites for hydroxylation is 4. The molecule has 0 aliphatic heterocycles. The number of ether oxygens (including phenoxy) is 1. The number of benzene rings is 2.